The first-order chi connectivity index (χ1) is 22.6. The number of rotatable bonds is 4. The average Bonchev–Trinajstić information content (AvgIpc) is 3.35. The molecule has 0 saturated heterocycles. The van der Waals surface area contributed by atoms with Crippen molar-refractivity contribution in [3.8, 4) is 22.3 Å². The van der Waals surface area contributed by atoms with E-state index in [0.717, 1.165) is 5.69 Å². The van der Waals surface area contributed by atoms with Gasteiger partial charge in [0.15, 0.2) is 0 Å². The van der Waals surface area contributed by atoms with Crippen molar-refractivity contribution in [1.29, 1.82) is 0 Å². The highest BCUT2D eigenvalue weighted by molar-refractivity contribution is 6.21. The van der Waals surface area contributed by atoms with Crippen LogP contribution in [-0.4, -0.2) is 0 Å². The van der Waals surface area contributed by atoms with Crippen LogP contribution >= 0.6 is 0 Å². The molecule has 8 aromatic rings. The predicted molar refractivity (Wildman–Crippen MR) is 197 cm³/mol. The maximum atomic E-state index is 2.51. The summed E-state index contributed by atoms with van der Waals surface area (Å²) in [4.78, 5) is 2.51. The van der Waals surface area contributed by atoms with Gasteiger partial charge in [0.05, 0.1) is 11.4 Å². The third-order valence-corrected chi connectivity index (χ3v) is 10.0. The lowest BCUT2D eigenvalue weighted by Gasteiger charge is -2.30. The van der Waals surface area contributed by atoms with Crippen molar-refractivity contribution in [2.24, 2.45) is 0 Å². The van der Waals surface area contributed by atoms with E-state index in [1.54, 1.807) is 0 Å². The van der Waals surface area contributed by atoms with Gasteiger partial charge in [0.25, 0.3) is 0 Å². The minimum absolute atomic E-state index is 0.0908. The second-order valence-electron chi connectivity index (χ2n) is 12.9. The largest absolute Gasteiger partial charge is 0.309 e. The normalized spacial score (nSPS) is 13.2. The Hall–Kier alpha value is -5.66. The first kappa shape index (κ1) is 26.7. The van der Waals surface area contributed by atoms with Gasteiger partial charge in [0, 0.05) is 22.1 Å². The highest BCUT2D eigenvalue weighted by atomic mass is 15.1. The highest BCUT2D eigenvalue weighted by Gasteiger charge is 2.37. The van der Waals surface area contributed by atoms with E-state index in [2.05, 4.69) is 183 Å². The quantitative estimate of drug-likeness (QED) is 0.185. The van der Waals surface area contributed by atoms with Crippen LogP contribution in [0.15, 0.2) is 164 Å². The average molecular weight is 588 g/mol. The van der Waals surface area contributed by atoms with E-state index in [1.807, 2.05) is 0 Å². The standard InChI is InChI=1S/C45H33N/c1-45(2)40-20-11-10-19-38(40)44-41(45)21-12-22-42(44)46(33-26-23-31(24-27-33)30-13-4-3-5-14-30)43-29-39-34-16-7-6-15-32(34)25-28-36(39)35-17-8-9-18-37(35)43/h3-29H,1-2H3. The van der Waals surface area contributed by atoms with Gasteiger partial charge in [-0.1, -0.05) is 153 Å². The maximum Gasteiger partial charge on any atom is 0.0546 e. The number of hydrogen-bond donors (Lipinski definition) is 0. The first-order valence-corrected chi connectivity index (χ1v) is 16.1. The van der Waals surface area contributed by atoms with Crippen LogP contribution in [0.4, 0.5) is 17.1 Å². The van der Waals surface area contributed by atoms with E-state index < -0.39 is 0 Å². The molecule has 0 atom stereocenters. The van der Waals surface area contributed by atoms with Crippen LogP contribution in [0, 0.1) is 0 Å². The topological polar surface area (TPSA) is 3.24 Å². The number of fused-ring (bicyclic) bond motifs is 8. The summed E-state index contributed by atoms with van der Waals surface area (Å²) in [6, 6.07) is 60.2. The molecule has 0 heterocycles. The molecule has 0 unspecified atom stereocenters. The van der Waals surface area contributed by atoms with Crippen LogP contribution in [0.1, 0.15) is 25.0 Å². The molecule has 0 bridgehead atoms. The third kappa shape index (κ3) is 3.95. The SMILES string of the molecule is CC1(C)c2ccccc2-c2c(N(c3ccc(-c4ccccc4)cc3)c3cc4c5ccccc5ccc4c4ccccc34)cccc21. The van der Waals surface area contributed by atoms with Gasteiger partial charge < -0.3 is 4.90 Å². The molecule has 0 amide bonds. The third-order valence-electron chi connectivity index (χ3n) is 10.0. The Bertz CT molecular complexity index is 2430. The highest BCUT2D eigenvalue weighted by Crippen LogP contribution is 2.55. The molecular formula is C45H33N. The predicted octanol–water partition coefficient (Wildman–Crippen LogP) is 12.6. The van der Waals surface area contributed by atoms with Crippen molar-refractivity contribution in [2.45, 2.75) is 19.3 Å². The van der Waals surface area contributed by atoms with Gasteiger partial charge in [-0.2, -0.15) is 0 Å². The molecule has 0 fully saturated rings. The number of anilines is 3. The fourth-order valence-corrected chi connectivity index (χ4v) is 7.79. The Morgan fingerprint density at radius 2 is 1.04 bits per heavy atom. The maximum absolute atomic E-state index is 2.51. The van der Waals surface area contributed by atoms with Gasteiger partial charge in [0.1, 0.15) is 0 Å². The molecule has 46 heavy (non-hydrogen) atoms. The molecule has 0 N–H and O–H groups in total. The Morgan fingerprint density at radius 3 is 1.87 bits per heavy atom. The van der Waals surface area contributed by atoms with Crippen LogP contribution in [0.2, 0.25) is 0 Å². The molecule has 9 rings (SSSR count). The number of benzene rings is 8. The smallest absolute Gasteiger partial charge is 0.0546 e. The number of nitrogens with zero attached hydrogens (tertiary/aromatic N) is 1. The van der Waals surface area contributed by atoms with Crippen LogP contribution < -0.4 is 4.90 Å². The summed E-state index contributed by atoms with van der Waals surface area (Å²) in [6.45, 7) is 4.72. The summed E-state index contributed by atoms with van der Waals surface area (Å²) >= 11 is 0. The van der Waals surface area contributed by atoms with E-state index in [0.29, 0.717) is 0 Å². The zero-order chi connectivity index (χ0) is 30.8. The Kier molecular flexibility index (Phi) is 5.92. The molecule has 1 aliphatic carbocycles. The molecule has 218 valence electrons. The van der Waals surface area contributed by atoms with Gasteiger partial charge >= 0.3 is 0 Å². The molecule has 1 nitrogen and oxygen atoms in total. The van der Waals surface area contributed by atoms with Crippen molar-refractivity contribution in [3.05, 3.63) is 175 Å². The molecule has 0 spiro atoms. The summed E-state index contributed by atoms with van der Waals surface area (Å²) < 4.78 is 0. The fraction of sp³-hybridized carbons (Fsp3) is 0.0667. The van der Waals surface area contributed by atoms with Crippen molar-refractivity contribution in [2.75, 3.05) is 4.90 Å². The summed E-state index contributed by atoms with van der Waals surface area (Å²) in [7, 11) is 0. The lowest BCUT2D eigenvalue weighted by Crippen LogP contribution is -2.16. The summed E-state index contributed by atoms with van der Waals surface area (Å²) in [5.74, 6) is 0. The van der Waals surface area contributed by atoms with Crippen LogP contribution in [0.5, 0.6) is 0 Å². The van der Waals surface area contributed by atoms with Gasteiger partial charge in [-0.15, -0.1) is 0 Å². The van der Waals surface area contributed by atoms with Crippen molar-refractivity contribution >= 4 is 49.4 Å². The van der Waals surface area contributed by atoms with Gasteiger partial charge in [0.2, 0.25) is 0 Å². The van der Waals surface area contributed by atoms with Crippen LogP contribution in [0.25, 0.3) is 54.6 Å². The Morgan fingerprint density at radius 1 is 0.413 bits per heavy atom. The van der Waals surface area contributed by atoms with Gasteiger partial charge in [-0.05, 0) is 79.0 Å². The van der Waals surface area contributed by atoms with Gasteiger partial charge in [-0.25, -0.2) is 0 Å². The minimum Gasteiger partial charge on any atom is -0.309 e. The van der Waals surface area contributed by atoms with Gasteiger partial charge in [-0.3, -0.25) is 0 Å². The zero-order valence-electron chi connectivity index (χ0n) is 26.0. The van der Waals surface area contributed by atoms with E-state index in [-0.39, 0.29) is 5.41 Å². The van der Waals surface area contributed by atoms with E-state index in [1.165, 1.54) is 77.1 Å². The number of hydrogen-bond acceptors (Lipinski definition) is 1. The molecule has 8 aromatic carbocycles. The molecular weight excluding hydrogens is 555 g/mol. The minimum atomic E-state index is -0.0908. The molecule has 0 radical (unpaired) electrons. The van der Waals surface area contributed by atoms with Crippen LogP contribution in [0.3, 0.4) is 0 Å². The summed E-state index contributed by atoms with van der Waals surface area (Å²) in [5.41, 5.74) is 11.3. The van der Waals surface area contributed by atoms with E-state index in [9.17, 15) is 0 Å². The molecule has 0 aliphatic heterocycles. The first-order valence-electron chi connectivity index (χ1n) is 16.1. The van der Waals surface area contributed by atoms with E-state index in [4.69, 9.17) is 0 Å². The molecule has 0 saturated carbocycles. The second kappa shape index (κ2) is 10.2. The second-order valence-corrected chi connectivity index (χ2v) is 12.9. The fourth-order valence-electron chi connectivity index (χ4n) is 7.79. The molecule has 0 aromatic heterocycles. The monoisotopic (exact) mass is 587 g/mol. The Balaban J connectivity index is 1.38. The summed E-state index contributed by atoms with van der Waals surface area (Å²) in [6.07, 6.45) is 0. The van der Waals surface area contributed by atoms with Crippen molar-refractivity contribution in [1.82, 2.24) is 0 Å². The lowest BCUT2D eigenvalue weighted by atomic mass is 9.82. The molecule has 1 aliphatic rings. The van der Waals surface area contributed by atoms with Crippen molar-refractivity contribution in [3.63, 3.8) is 0 Å². The van der Waals surface area contributed by atoms with Crippen LogP contribution in [-0.2, 0) is 5.41 Å². The summed E-state index contributed by atoms with van der Waals surface area (Å²) in [5, 5.41) is 7.58. The zero-order valence-corrected chi connectivity index (χ0v) is 26.0. The lowest BCUT2D eigenvalue weighted by molar-refractivity contribution is 0.660. The molecule has 1 heteroatoms. The van der Waals surface area contributed by atoms with E-state index >= 15 is 0 Å². The van der Waals surface area contributed by atoms with Crippen molar-refractivity contribution < 1.29 is 0 Å². The Labute approximate surface area is 270 Å².